The molecule has 3 heterocycles. The minimum absolute atomic E-state index is 0.301. The summed E-state index contributed by atoms with van der Waals surface area (Å²) in [4.78, 5) is 25.5. The van der Waals surface area contributed by atoms with Crippen molar-refractivity contribution in [3.8, 4) is 5.82 Å². The van der Waals surface area contributed by atoms with Gasteiger partial charge in [0.25, 0.3) is 0 Å². The number of rotatable bonds is 5. The molecule has 0 saturated carbocycles. The van der Waals surface area contributed by atoms with Crippen molar-refractivity contribution < 1.29 is 9.53 Å². The van der Waals surface area contributed by atoms with E-state index in [1.807, 2.05) is 49.4 Å². The highest BCUT2D eigenvalue weighted by Crippen LogP contribution is 2.30. The summed E-state index contributed by atoms with van der Waals surface area (Å²) in [6.07, 6.45) is 1.78. The van der Waals surface area contributed by atoms with Crippen LogP contribution in [0.25, 0.3) is 16.9 Å². The summed E-state index contributed by atoms with van der Waals surface area (Å²) in [5.74, 6) is 0.984. The number of thioether (sulfide) groups is 1. The first-order chi connectivity index (χ1) is 13.7. The number of aromatic nitrogens is 4. The summed E-state index contributed by atoms with van der Waals surface area (Å²) >= 11 is 1.55. The Bertz CT molecular complexity index is 1160. The zero-order chi connectivity index (χ0) is 19.5. The number of hydrogen-bond acceptors (Lipinski definition) is 6. The van der Waals surface area contributed by atoms with Crippen LogP contribution < -0.4 is 0 Å². The lowest BCUT2D eigenvalue weighted by Gasteiger charge is -2.10. The zero-order valence-corrected chi connectivity index (χ0v) is 16.3. The lowest BCUT2D eigenvalue weighted by Crippen LogP contribution is -2.05. The van der Waals surface area contributed by atoms with Crippen molar-refractivity contribution in [1.82, 2.24) is 19.5 Å². The number of hydrogen-bond donors (Lipinski definition) is 0. The number of esters is 1. The van der Waals surface area contributed by atoms with E-state index in [0.29, 0.717) is 11.4 Å². The van der Waals surface area contributed by atoms with E-state index in [-0.39, 0.29) is 0 Å². The molecular formula is C21H18N4O2S. The van der Waals surface area contributed by atoms with Gasteiger partial charge in [-0.3, -0.25) is 4.57 Å². The van der Waals surface area contributed by atoms with Crippen LogP contribution in [0, 0.1) is 6.92 Å². The third-order valence-electron chi connectivity index (χ3n) is 4.27. The Morgan fingerprint density at radius 1 is 1.07 bits per heavy atom. The van der Waals surface area contributed by atoms with Crippen LogP contribution >= 0.6 is 11.8 Å². The van der Waals surface area contributed by atoms with E-state index in [4.69, 9.17) is 9.72 Å². The largest absolute Gasteiger partial charge is 0.464 e. The summed E-state index contributed by atoms with van der Waals surface area (Å²) in [6, 6.07) is 17.3. The molecule has 140 valence electrons. The van der Waals surface area contributed by atoms with Gasteiger partial charge in [0, 0.05) is 11.9 Å². The highest BCUT2D eigenvalue weighted by molar-refractivity contribution is 7.98. The molecular weight excluding hydrogens is 372 g/mol. The number of benzene rings is 1. The summed E-state index contributed by atoms with van der Waals surface area (Å²) in [6.45, 7) is 2.03. The van der Waals surface area contributed by atoms with E-state index in [2.05, 4.69) is 14.5 Å². The van der Waals surface area contributed by atoms with Gasteiger partial charge in [-0.05, 0) is 42.8 Å². The average Bonchev–Trinajstić information content (AvgIpc) is 3.10. The van der Waals surface area contributed by atoms with Gasteiger partial charge in [-0.25, -0.2) is 19.7 Å². The fourth-order valence-electron chi connectivity index (χ4n) is 2.93. The fraction of sp³-hybridized carbons (Fsp3) is 0.143. The van der Waals surface area contributed by atoms with Crippen molar-refractivity contribution in [2.75, 3.05) is 7.11 Å². The topological polar surface area (TPSA) is 69.9 Å². The molecule has 3 aromatic heterocycles. The first-order valence-electron chi connectivity index (χ1n) is 8.74. The van der Waals surface area contributed by atoms with Crippen LogP contribution in [0.4, 0.5) is 0 Å². The monoisotopic (exact) mass is 390 g/mol. The van der Waals surface area contributed by atoms with Gasteiger partial charge in [-0.2, -0.15) is 0 Å². The summed E-state index contributed by atoms with van der Waals surface area (Å²) < 4.78 is 6.82. The van der Waals surface area contributed by atoms with Crippen molar-refractivity contribution in [3.63, 3.8) is 0 Å². The molecule has 0 saturated heterocycles. The Hall–Kier alpha value is -3.19. The van der Waals surface area contributed by atoms with Gasteiger partial charge in [0.15, 0.2) is 5.16 Å². The number of ether oxygens (including phenoxy) is 1. The SMILES string of the molecule is COC(=O)c1cccc(CSc2nc3ccccc3n2-c2ncccc2C)n1. The molecule has 0 atom stereocenters. The smallest absolute Gasteiger partial charge is 0.356 e. The van der Waals surface area contributed by atoms with E-state index in [9.17, 15) is 4.79 Å². The number of carbonyl (C=O) groups is 1. The van der Waals surface area contributed by atoms with E-state index < -0.39 is 5.97 Å². The van der Waals surface area contributed by atoms with Crippen LogP contribution in [-0.2, 0) is 10.5 Å². The second-order valence-electron chi connectivity index (χ2n) is 6.16. The van der Waals surface area contributed by atoms with Gasteiger partial charge >= 0.3 is 5.97 Å². The lowest BCUT2D eigenvalue weighted by molar-refractivity contribution is 0.0594. The van der Waals surface area contributed by atoms with Crippen LogP contribution in [0.2, 0.25) is 0 Å². The molecule has 0 unspecified atom stereocenters. The van der Waals surface area contributed by atoms with Gasteiger partial charge in [0.2, 0.25) is 0 Å². The van der Waals surface area contributed by atoms with Crippen LogP contribution in [0.3, 0.4) is 0 Å². The van der Waals surface area contributed by atoms with Gasteiger partial charge < -0.3 is 4.74 Å². The minimum Gasteiger partial charge on any atom is -0.464 e. The number of aryl methyl sites for hydroxylation is 1. The Morgan fingerprint density at radius 2 is 1.93 bits per heavy atom. The van der Waals surface area contributed by atoms with Gasteiger partial charge in [0.05, 0.1) is 23.8 Å². The fourth-order valence-corrected chi connectivity index (χ4v) is 3.85. The van der Waals surface area contributed by atoms with Gasteiger partial charge in [-0.15, -0.1) is 0 Å². The highest BCUT2D eigenvalue weighted by atomic mass is 32.2. The molecule has 1 aromatic carbocycles. The minimum atomic E-state index is -0.441. The Kier molecular flexibility index (Phi) is 5.08. The number of fused-ring (bicyclic) bond motifs is 1. The molecule has 4 rings (SSSR count). The number of imidazole rings is 1. The Labute approximate surface area is 166 Å². The highest BCUT2D eigenvalue weighted by Gasteiger charge is 2.16. The van der Waals surface area contributed by atoms with Crippen molar-refractivity contribution in [1.29, 1.82) is 0 Å². The van der Waals surface area contributed by atoms with E-state index in [1.165, 1.54) is 7.11 Å². The molecule has 0 aliphatic rings. The second-order valence-corrected chi connectivity index (χ2v) is 7.10. The quantitative estimate of drug-likeness (QED) is 0.376. The molecule has 0 radical (unpaired) electrons. The summed E-state index contributed by atoms with van der Waals surface area (Å²) in [5.41, 5.74) is 4.06. The zero-order valence-electron chi connectivity index (χ0n) is 15.5. The molecule has 28 heavy (non-hydrogen) atoms. The molecule has 0 aliphatic carbocycles. The van der Waals surface area contributed by atoms with Crippen LogP contribution in [0.15, 0.2) is 66.0 Å². The maximum absolute atomic E-state index is 11.7. The van der Waals surface area contributed by atoms with Gasteiger partial charge in [-0.1, -0.05) is 36.0 Å². The third kappa shape index (κ3) is 3.48. The van der Waals surface area contributed by atoms with Gasteiger partial charge in [0.1, 0.15) is 11.5 Å². The van der Waals surface area contributed by atoms with E-state index >= 15 is 0 Å². The Morgan fingerprint density at radius 3 is 2.75 bits per heavy atom. The molecule has 0 amide bonds. The molecule has 0 N–H and O–H groups in total. The number of carbonyl (C=O) groups excluding carboxylic acids is 1. The van der Waals surface area contributed by atoms with Crippen molar-refractivity contribution in [2.24, 2.45) is 0 Å². The predicted octanol–water partition coefficient (Wildman–Crippen LogP) is 4.20. The normalized spacial score (nSPS) is 10.9. The van der Waals surface area contributed by atoms with E-state index in [1.54, 1.807) is 30.1 Å². The maximum atomic E-state index is 11.7. The second kappa shape index (κ2) is 7.82. The molecule has 0 aliphatic heterocycles. The molecule has 4 aromatic rings. The van der Waals surface area contributed by atoms with Crippen molar-refractivity contribution in [2.45, 2.75) is 17.8 Å². The van der Waals surface area contributed by atoms with E-state index in [0.717, 1.165) is 33.3 Å². The van der Waals surface area contributed by atoms with Crippen molar-refractivity contribution in [3.05, 3.63) is 77.7 Å². The lowest BCUT2D eigenvalue weighted by atomic mass is 10.2. The third-order valence-corrected chi connectivity index (χ3v) is 5.25. The number of nitrogens with zero attached hydrogens (tertiary/aromatic N) is 4. The average molecular weight is 390 g/mol. The standard InChI is InChI=1S/C21H18N4O2S/c1-14-7-6-12-22-19(14)25-18-11-4-3-9-16(18)24-21(25)28-13-15-8-5-10-17(23-15)20(26)27-2/h3-12H,13H2,1-2H3. The Balaban J connectivity index is 1.71. The maximum Gasteiger partial charge on any atom is 0.356 e. The molecule has 0 bridgehead atoms. The summed E-state index contributed by atoms with van der Waals surface area (Å²) in [7, 11) is 1.35. The number of pyridine rings is 2. The molecule has 0 spiro atoms. The van der Waals surface area contributed by atoms with Crippen LogP contribution in [0.1, 0.15) is 21.7 Å². The first kappa shape index (κ1) is 18.2. The van der Waals surface area contributed by atoms with Crippen LogP contribution in [0.5, 0.6) is 0 Å². The van der Waals surface area contributed by atoms with Crippen molar-refractivity contribution >= 4 is 28.8 Å². The first-order valence-corrected chi connectivity index (χ1v) is 9.72. The summed E-state index contributed by atoms with van der Waals surface area (Å²) in [5, 5.41) is 0.827. The molecule has 0 fully saturated rings. The number of methoxy groups -OCH3 is 1. The van der Waals surface area contributed by atoms with Crippen LogP contribution in [-0.4, -0.2) is 32.6 Å². The number of para-hydroxylation sites is 2. The molecule has 6 nitrogen and oxygen atoms in total. The molecule has 7 heteroatoms. The predicted molar refractivity (Wildman–Crippen MR) is 109 cm³/mol.